The maximum absolute atomic E-state index is 12.4. The number of carboxylic acid groups (broad SMARTS) is 1. The van der Waals surface area contributed by atoms with E-state index in [1.165, 1.54) is 0 Å². The average molecular weight is 372 g/mol. The van der Waals surface area contributed by atoms with Crippen LogP contribution >= 0.6 is 23.2 Å². The Labute approximate surface area is 150 Å². The van der Waals surface area contributed by atoms with Gasteiger partial charge in [-0.05, 0) is 42.9 Å². The molecule has 2 unspecified atom stereocenters. The Kier molecular flexibility index (Phi) is 5.04. The maximum atomic E-state index is 12.4. The second kappa shape index (κ2) is 6.90. The Morgan fingerprint density at radius 1 is 1.29 bits per heavy atom. The Bertz CT molecular complexity index is 658. The topological polar surface area (TPSA) is 75.6 Å². The minimum Gasteiger partial charge on any atom is -0.481 e. The summed E-state index contributed by atoms with van der Waals surface area (Å²) in [4.78, 5) is 24.0. The molecule has 0 bridgehead atoms. The number of rotatable bonds is 5. The molecule has 0 aromatic heterocycles. The standard InChI is InChI=1S/C17H19Cl2NO4/c18-10-1-2-11(14(19)7-10)12-8-13(12)15(21)20-9-17(16(22)23)3-5-24-6-4-17/h1-2,7,12-13H,3-6,8-9H2,(H,20,21)(H,22,23). The molecule has 1 aromatic carbocycles. The van der Waals surface area contributed by atoms with Crippen molar-refractivity contribution in [3.8, 4) is 0 Å². The van der Waals surface area contributed by atoms with Crippen LogP contribution in [0.2, 0.25) is 10.0 Å². The van der Waals surface area contributed by atoms with Crippen molar-refractivity contribution in [2.24, 2.45) is 11.3 Å². The van der Waals surface area contributed by atoms with Crippen molar-refractivity contribution in [3.63, 3.8) is 0 Å². The predicted octanol–water partition coefficient (Wildman–Crippen LogP) is 3.09. The summed E-state index contributed by atoms with van der Waals surface area (Å²) in [5.74, 6) is -1.07. The number of hydrogen-bond acceptors (Lipinski definition) is 3. The molecule has 2 N–H and O–H groups in total. The van der Waals surface area contributed by atoms with Gasteiger partial charge in [-0.3, -0.25) is 9.59 Å². The van der Waals surface area contributed by atoms with Crippen molar-refractivity contribution in [2.75, 3.05) is 19.8 Å². The smallest absolute Gasteiger partial charge is 0.311 e. The summed E-state index contributed by atoms with van der Waals surface area (Å²) >= 11 is 12.1. The summed E-state index contributed by atoms with van der Waals surface area (Å²) in [6.07, 6.45) is 1.55. The molecule has 130 valence electrons. The summed E-state index contributed by atoms with van der Waals surface area (Å²) in [6.45, 7) is 0.964. The van der Waals surface area contributed by atoms with E-state index in [0.29, 0.717) is 36.1 Å². The van der Waals surface area contributed by atoms with E-state index in [1.807, 2.05) is 6.07 Å². The fourth-order valence-electron chi connectivity index (χ4n) is 3.25. The van der Waals surface area contributed by atoms with Crippen LogP contribution in [0.25, 0.3) is 0 Å². The van der Waals surface area contributed by atoms with Gasteiger partial charge in [0.05, 0.1) is 5.41 Å². The van der Waals surface area contributed by atoms with E-state index < -0.39 is 11.4 Å². The first-order valence-corrected chi connectivity index (χ1v) is 8.72. The molecule has 1 aliphatic carbocycles. The third-order valence-electron chi connectivity index (χ3n) is 4.99. The maximum Gasteiger partial charge on any atom is 0.311 e. The van der Waals surface area contributed by atoms with Crippen LogP contribution in [0.15, 0.2) is 18.2 Å². The zero-order valence-electron chi connectivity index (χ0n) is 13.1. The molecule has 2 fully saturated rings. The summed E-state index contributed by atoms with van der Waals surface area (Å²) in [6, 6.07) is 5.28. The zero-order chi connectivity index (χ0) is 17.3. The normalized spacial score (nSPS) is 25.1. The largest absolute Gasteiger partial charge is 0.481 e. The minimum absolute atomic E-state index is 0.0743. The molecule has 1 aliphatic heterocycles. The van der Waals surface area contributed by atoms with Crippen molar-refractivity contribution >= 4 is 35.1 Å². The number of aliphatic carboxylic acids is 1. The first kappa shape index (κ1) is 17.5. The molecule has 0 spiro atoms. The lowest BCUT2D eigenvalue weighted by molar-refractivity contribution is -0.154. The fraction of sp³-hybridized carbons (Fsp3) is 0.529. The molecule has 2 atom stereocenters. The fourth-order valence-corrected chi connectivity index (χ4v) is 3.80. The van der Waals surface area contributed by atoms with Gasteiger partial charge >= 0.3 is 5.97 Å². The summed E-state index contributed by atoms with van der Waals surface area (Å²) in [5.41, 5.74) is -0.00354. The number of ether oxygens (including phenoxy) is 1. The van der Waals surface area contributed by atoms with E-state index >= 15 is 0 Å². The van der Waals surface area contributed by atoms with E-state index in [0.717, 1.165) is 12.0 Å². The van der Waals surface area contributed by atoms with Gasteiger partial charge in [0.25, 0.3) is 0 Å². The molecular formula is C17H19Cl2NO4. The van der Waals surface area contributed by atoms with Crippen LogP contribution in [0.5, 0.6) is 0 Å². The summed E-state index contributed by atoms with van der Waals surface area (Å²) in [7, 11) is 0. The third-order valence-corrected chi connectivity index (χ3v) is 5.56. The van der Waals surface area contributed by atoms with Gasteiger partial charge in [0.15, 0.2) is 0 Å². The Morgan fingerprint density at radius 3 is 2.62 bits per heavy atom. The number of carbonyl (C=O) groups excluding carboxylic acids is 1. The molecular weight excluding hydrogens is 353 g/mol. The Hall–Kier alpha value is -1.30. The van der Waals surface area contributed by atoms with Gasteiger partial charge in [-0.2, -0.15) is 0 Å². The van der Waals surface area contributed by atoms with Gasteiger partial charge < -0.3 is 15.2 Å². The lowest BCUT2D eigenvalue weighted by Crippen LogP contribution is -2.46. The number of amides is 1. The first-order valence-electron chi connectivity index (χ1n) is 7.97. The number of hydrogen-bond donors (Lipinski definition) is 2. The van der Waals surface area contributed by atoms with Gasteiger partial charge in [-0.15, -0.1) is 0 Å². The molecule has 5 nitrogen and oxygen atoms in total. The molecule has 0 radical (unpaired) electrons. The van der Waals surface area contributed by atoms with E-state index in [1.54, 1.807) is 12.1 Å². The molecule has 2 aliphatic rings. The second-order valence-electron chi connectivity index (χ2n) is 6.53. The molecule has 1 saturated carbocycles. The lowest BCUT2D eigenvalue weighted by Gasteiger charge is -2.33. The molecule has 1 aromatic rings. The summed E-state index contributed by atoms with van der Waals surface area (Å²) < 4.78 is 5.24. The number of nitrogens with one attached hydrogen (secondary N) is 1. The Balaban J connectivity index is 1.59. The van der Waals surface area contributed by atoms with Gasteiger partial charge in [-0.25, -0.2) is 0 Å². The molecule has 7 heteroatoms. The molecule has 1 saturated heterocycles. The SMILES string of the molecule is O=C(NCC1(C(=O)O)CCOCC1)C1CC1c1ccc(Cl)cc1Cl. The molecule has 1 amide bonds. The number of halogens is 2. The van der Waals surface area contributed by atoms with Crippen molar-refractivity contribution in [2.45, 2.75) is 25.2 Å². The highest BCUT2D eigenvalue weighted by Gasteiger charge is 2.46. The van der Waals surface area contributed by atoms with Gasteiger partial charge in [0, 0.05) is 35.7 Å². The van der Waals surface area contributed by atoms with E-state index in [9.17, 15) is 14.7 Å². The minimum atomic E-state index is -0.920. The van der Waals surface area contributed by atoms with Crippen LogP contribution in [0.1, 0.15) is 30.7 Å². The van der Waals surface area contributed by atoms with E-state index in [2.05, 4.69) is 5.32 Å². The van der Waals surface area contributed by atoms with Crippen molar-refractivity contribution < 1.29 is 19.4 Å². The average Bonchev–Trinajstić information content (AvgIpc) is 3.34. The zero-order valence-corrected chi connectivity index (χ0v) is 14.6. The molecule has 1 heterocycles. The van der Waals surface area contributed by atoms with Gasteiger partial charge in [-0.1, -0.05) is 29.3 Å². The van der Waals surface area contributed by atoms with E-state index in [-0.39, 0.29) is 24.3 Å². The monoisotopic (exact) mass is 371 g/mol. The predicted molar refractivity (Wildman–Crippen MR) is 90.4 cm³/mol. The van der Waals surface area contributed by atoms with Crippen molar-refractivity contribution in [1.82, 2.24) is 5.32 Å². The molecule has 24 heavy (non-hydrogen) atoms. The highest BCUT2D eigenvalue weighted by atomic mass is 35.5. The second-order valence-corrected chi connectivity index (χ2v) is 7.37. The number of carbonyl (C=O) groups is 2. The summed E-state index contributed by atoms with van der Waals surface area (Å²) in [5, 5.41) is 13.5. The van der Waals surface area contributed by atoms with E-state index in [4.69, 9.17) is 27.9 Å². The third kappa shape index (κ3) is 3.53. The van der Waals surface area contributed by atoms with Crippen LogP contribution < -0.4 is 5.32 Å². The van der Waals surface area contributed by atoms with Crippen LogP contribution in [0, 0.1) is 11.3 Å². The quantitative estimate of drug-likeness (QED) is 0.833. The number of carboxylic acids is 1. The van der Waals surface area contributed by atoms with Crippen molar-refractivity contribution in [1.29, 1.82) is 0 Å². The lowest BCUT2D eigenvalue weighted by atomic mass is 9.80. The molecule has 3 rings (SSSR count). The van der Waals surface area contributed by atoms with Crippen LogP contribution in [-0.2, 0) is 14.3 Å². The highest BCUT2D eigenvalue weighted by molar-refractivity contribution is 6.35. The van der Waals surface area contributed by atoms with Crippen LogP contribution in [0.4, 0.5) is 0 Å². The van der Waals surface area contributed by atoms with Crippen molar-refractivity contribution in [3.05, 3.63) is 33.8 Å². The first-order chi connectivity index (χ1) is 11.4. The number of benzene rings is 1. The van der Waals surface area contributed by atoms with Gasteiger partial charge in [0.1, 0.15) is 0 Å². The Morgan fingerprint density at radius 2 is 2.00 bits per heavy atom. The highest BCUT2D eigenvalue weighted by Crippen LogP contribution is 2.50. The van der Waals surface area contributed by atoms with Crippen LogP contribution in [0.3, 0.4) is 0 Å². The van der Waals surface area contributed by atoms with Gasteiger partial charge in [0.2, 0.25) is 5.91 Å². The van der Waals surface area contributed by atoms with Crippen LogP contribution in [-0.4, -0.2) is 36.7 Å².